The first-order chi connectivity index (χ1) is 13.6. The van der Waals surface area contributed by atoms with Crippen LogP contribution >= 0.6 is 0 Å². The molecule has 0 unspecified atom stereocenters. The highest BCUT2D eigenvalue weighted by Crippen LogP contribution is 2.33. The van der Waals surface area contributed by atoms with Crippen molar-refractivity contribution in [2.45, 2.75) is 18.9 Å². The fourth-order valence-electron chi connectivity index (χ4n) is 3.32. The molecule has 0 radical (unpaired) electrons. The number of nitrogens with zero attached hydrogens (tertiary/aromatic N) is 3. The number of ether oxygens (including phenoxy) is 1. The maximum absolute atomic E-state index is 14.0. The van der Waals surface area contributed by atoms with Crippen LogP contribution in [0.3, 0.4) is 0 Å². The number of carbonyl (C=O) groups is 1. The molecule has 1 aromatic heterocycles. The average Bonchev–Trinajstić information content (AvgIpc) is 3.37. The van der Waals surface area contributed by atoms with E-state index in [1.807, 2.05) is 0 Å². The molecule has 28 heavy (non-hydrogen) atoms. The summed E-state index contributed by atoms with van der Waals surface area (Å²) in [6.45, 7) is 0.505. The highest BCUT2D eigenvalue weighted by molar-refractivity contribution is 5.94. The minimum atomic E-state index is -0.597. The number of benzene rings is 2. The second-order valence-corrected chi connectivity index (χ2v) is 6.47. The number of amides is 1. The molecule has 0 aliphatic carbocycles. The zero-order chi connectivity index (χ0) is 19.7. The lowest BCUT2D eigenvalue weighted by Crippen LogP contribution is -2.30. The first kappa shape index (κ1) is 18.1. The normalized spacial score (nSPS) is 16.4. The first-order valence-electron chi connectivity index (χ1n) is 8.81. The second-order valence-electron chi connectivity index (χ2n) is 6.47. The monoisotopic (exact) mass is 385 g/mol. The molecule has 8 heteroatoms. The molecule has 144 valence electrons. The number of halogens is 2. The van der Waals surface area contributed by atoms with Crippen molar-refractivity contribution in [1.29, 1.82) is 0 Å². The van der Waals surface area contributed by atoms with Crippen molar-refractivity contribution >= 4 is 5.91 Å². The molecule has 1 fully saturated rings. The summed E-state index contributed by atoms with van der Waals surface area (Å²) in [6, 6.07) is 9.46. The number of likely N-dealkylation sites (tertiary alicyclic amines) is 1. The lowest BCUT2D eigenvalue weighted by atomic mass is 10.1. The fraction of sp³-hybridized carbons (Fsp3) is 0.250. The topological polar surface area (TPSA) is 68.5 Å². The van der Waals surface area contributed by atoms with Gasteiger partial charge in [0.15, 0.2) is 11.6 Å². The Kier molecular flexibility index (Phi) is 4.77. The molecular weight excluding hydrogens is 368 g/mol. The van der Waals surface area contributed by atoms with E-state index in [4.69, 9.17) is 9.26 Å². The van der Waals surface area contributed by atoms with Gasteiger partial charge in [0.25, 0.3) is 5.91 Å². The van der Waals surface area contributed by atoms with Gasteiger partial charge in [0.1, 0.15) is 11.9 Å². The van der Waals surface area contributed by atoms with Crippen LogP contribution in [0.1, 0.15) is 35.1 Å². The number of aromatic nitrogens is 2. The third-order valence-electron chi connectivity index (χ3n) is 4.74. The van der Waals surface area contributed by atoms with Gasteiger partial charge in [-0.2, -0.15) is 4.98 Å². The molecule has 1 amide bonds. The van der Waals surface area contributed by atoms with Crippen molar-refractivity contribution in [3.8, 4) is 17.1 Å². The Balaban J connectivity index is 1.57. The number of rotatable bonds is 4. The van der Waals surface area contributed by atoms with Crippen LogP contribution in [0.15, 0.2) is 47.0 Å². The van der Waals surface area contributed by atoms with Crippen LogP contribution in [-0.4, -0.2) is 34.6 Å². The predicted octanol–water partition coefficient (Wildman–Crippen LogP) is 4.00. The quantitative estimate of drug-likeness (QED) is 0.679. The molecule has 0 saturated carbocycles. The van der Waals surface area contributed by atoms with Crippen molar-refractivity contribution in [2.75, 3.05) is 13.7 Å². The highest BCUT2D eigenvalue weighted by Gasteiger charge is 2.35. The molecule has 0 spiro atoms. The Morgan fingerprint density at radius 2 is 2.00 bits per heavy atom. The molecule has 0 N–H and O–H groups in total. The summed E-state index contributed by atoms with van der Waals surface area (Å²) in [5.41, 5.74) is 0.841. The largest absolute Gasteiger partial charge is 0.494 e. The number of hydrogen-bond donors (Lipinski definition) is 0. The summed E-state index contributed by atoms with van der Waals surface area (Å²) in [6.07, 6.45) is 1.43. The van der Waals surface area contributed by atoms with Gasteiger partial charge in [-0.15, -0.1) is 0 Å². The molecule has 1 aliphatic rings. The van der Waals surface area contributed by atoms with Crippen molar-refractivity contribution in [2.24, 2.45) is 0 Å². The lowest BCUT2D eigenvalue weighted by Gasteiger charge is -2.22. The number of hydrogen-bond acceptors (Lipinski definition) is 5. The lowest BCUT2D eigenvalue weighted by molar-refractivity contribution is 0.0709. The summed E-state index contributed by atoms with van der Waals surface area (Å²) < 4.78 is 37.3. The standard InChI is InChI=1S/C20H17F2N3O3/c1-27-17-9-6-13(11-15(17)22)20(26)25-10-2-3-16(25)19-23-18(24-28-19)12-4-7-14(21)8-5-12/h4-9,11,16H,2-3,10H2,1H3/t16-/m1/s1. The van der Waals surface area contributed by atoms with Gasteiger partial charge >= 0.3 is 0 Å². The maximum Gasteiger partial charge on any atom is 0.254 e. The Bertz CT molecular complexity index is 1000. The van der Waals surface area contributed by atoms with Gasteiger partial charge < -0.3 is 14.2 Å². The maximum atomic E-state index is 14.0. The summed E-state index contributed by atoms with van der Waals surface area (Å²) in [5.74, 6) is -0.558. The zero-order valence-electron chi connectivity index (χ0n) is 15.1. The van der Waals surface area contributed by atoms with Crippen molar-refractivity contribution in [3.63, 3.8) is 0 Å². The third kappa shape index (κ3) is 3.33. The van der Waals surface area contributed by atoms with Gasteiger partial charge in [0.2, 0.25) is 11.7 Å². The fourth-order valence-corrected chi connectivity index (χ4v) is 3.32. The molecule has 2 heterocycles. The van der Waals surface area contributed by atoms with Crippen LogP contribution < -0.4 is 4.74 Å². The van der Waals surface area contributed by atoms with E-state index in [1.54, 1.807) is 17.0 Å². The van der Waals surface area contributed by atoms with Crippen LogP contribution in [0.5, 0.6) is 5.75 Å². The Hall–Kier alpha value is -3.29. The number of carbonyl (C=O) groups excluding carboxylic acids is 1. The van der Waals surface area contributed by atoms with Gasteiger partial charge in [0, 0.05) is 17.7 Å². The molecule has 4 rings (SSSR count). The molecule has 2 aromatic carbocycles. The van der Waals surface area contributed by atoms with Gasteiger partial charge in [-0.1, -0.05) is 5.16 Å². The van der Waals surface area contributed by atoms with Gasteiger partial charge in [-0.05, 0) is 55.3 Å². The van der Waals surface area contributed by atoms with E-state index in [2.05, 4.69) is 10.1 Å². The second kappa shape index (κ2) is 7.38. The molecular formula is C20H17F2N3O3. The Labute approximate surface area is 159 Å². The van der Waals surface area contributed by atoms with Crippen molar-refractivity contribution in [1.82, 2.24) is 15.0 Å². The minimum absolute atomic E-state index is 0.0790. The van der Waals surface area contributed by atoms with Gasteiger partial charge in [-0.25, -0.2) is 8.78 Å². The van der Waals surface area contributed by atoms with Crippen LogP contribution in [0.2, 0.25) is 0 Å². The van der Waals surface area contributed by atoms with E-state index in [1.165, 1.54) is 31.4 Å². The average molecular weight is 385 g/mol. The highest BCUT2D eigenvalue weighted by atomic mass is 19.1. The van der Waals surface area contributed by atoms with E-state index < -0.39 is 5.82 Å². The van der Waals surface area contributed by atoms with E-state index in [9.17, 15) is 13.6 Å². The predicted molar refractivity (Wildman–Crippen MR) is 95.7 cm³/mol. The van der Waals surface area contributed by atoms with E-state index in [-0.39, 0.29) is 29.1 Å². The number of methoxy groups -OCH3 is 1. The van der Waals surface area contributed by atoms with Crippen molar-refractivity contribution < 1.29 is 22.8 Å². The van der Waals surface area contributed by atoms with Crippen molar-refractivity contribution in [3.05, 3.63) is 65.6 Å². The van der Waals surface area contributed by atoms with E-state index in [0.717, 1.165) is 12.5 Å². The summed E-state index contributed by atoms with van der Waals surface area (Å²) in [4.78, 5) is 18.9. The zero-order valence-corrected chi connectivity index (χ0v) is 15.1. The van der Waals surface area contributed by atoms with E-state index in [0.29, 0.717) is 30.2 Å². The molecule has 1 aliphatic heterocycles. The van der Waals surface area contributed by atoms with Crippen LogP contribution in [0, 0.1) is 11.6 Å². The SMILES string of the molecule is COc1ccc(C(=O)N2CCC[C@@H]2c2nc(-c3ccc(F)cc3)no2)cc1F. The van der Waals surface area contributed by atoms with Crippen LogP contribution in [-0.2, 0) is 0 Å². The van der Waals surface area contributed by atoms with Gasteiger partial charge in [-0.3, -0.25) is 4.79 Å². The smallest absolute Gasteiger partial charge is 0.254 e. The minimum Gasteiger partial charge on any atom is -0.494 e. The summed E-state index contributed by atoms with van der Waals surface area (Å²) in [7, 11) is 1.37. The third-order valence-corrected chi connectivity index (χ3v) is 4.74. The summed E-state index contributed by atoms with van der Waals surface area (Å²) in [5, 5.41) is 3.94. The Morgan fingerprint density at radius 1 is 1.21 bits per heavy atom. The molecule has 1 saturated heterocycles. The van der Waals surface area contributed by atoms with Crippen LogP contribution in [0.25, 0.3) is 11.4 Å². The van der Waals surface area contributed by atoms with Crippen LogP contribution in [0.4, 0.5) is 8.78 Å². The Morgan fingerprint density at radius 3 is 2.71 bits per heavy atom. The molecule has 6 nitrogen and oxygen atoms in total. The first-order valence-corrected chi connectivity index (χ1v) is 8.81. The summed E-state index contributed by atoms with van der Waals surface area (Å²) >= 11 is 0. The van der Waals surface area contributed by atoms with E-state index >= 15 is 0 Å². The molecule has 1 atom stereocenters. The van der Waals surface area contributed by atoms with Gasteiger partial charge in [0.05, 0.1) is 7.11 Å². The molecule has 0 bridgehead atoms. The molecule has 3 aromatic rings.